The molecule has 11 nitrogen and oxygen atoms in total. The molecular weight excluding hydrogens is 645 g/mol. The van der Waals surface area contributed by atoms with Crippen LogP contribution in [-0.2, 0) is 20.8 Å². The van der Waals surface area contributed by atoms with Gasteiger partial charge < -0.3 is 25.0 Å². The summed E-state index contributed by atoms with van der Waals surface area (Å²) in [4.78, 5) is 27.0. The Morgan fingerprint density at radius 2 is 1.93 bits per heavy atom. The zero-order chi connectivity index (χ0) is 32.4. The first-order valence-corrected chi connectivity index (χ1v) is 17.6. The number of amides is 1. The van der Waals surface area contributed by atoms with E-state index < -0.39 is 33.2 Å². The van der Waals surface area contributed by atoms with Crippen LogP contribution in [0.15, 0.2) is 35.4 Å². The lowest BCUT2D eigenvalue weighted by Gasteiger charge is -2.40. The molecule has 1 saturated carbocycles. The third-order valence-corrected chi connectivity index (χ3v) is 12.1. The second-order valence-corrected chi connectivity index (χ2v) is 15.3. The summed E-state index contributed by atoms with van der Waals surface area (Å²) in [6, 6.07) is 6.76. The van der Waals surface area contributed by atoms with Gasteiger partial charge in [0.15, 0.2) is 9.84 Å². The number of benzene rings is 1. The number of alkyl halides is 3. The molecule has 1 atom stereocenters. The maximum Gasteiger partial charge on any atom is 0.420 e. The number of nitrogens with one attached hydrogen (secondary N) is 1. The van der Waals surface area contributed by atoms with Crippen LogP contribution in [0.25, 0.3) is 10.6 Å². The molecule has 1 unspecified atom stereocenters. The molecule has 2 N–H and O–H groups in total. The Labute approximate surface area is 267 Å². The predicted octanol–water partition coefficient (Wildman–Crippen LogP) is 3.59. The molecule has 1 aliphatic carbocycles. The molecule has 46 heavy (non-hydrogen) atoms. The molecule has 16 heteroatoms. The maximum absolute atomic E-state index is 14.2. The second kappa shape index (κ2) is 11.7. The van der Waals surface area contributed by atoms with Gasteiger partial charge in [-0.1, -0.05) is 0 Å². The molecule has 1 aromatic carbocycles. The number of ether oxygens (including phenoxy) is 1. The number of aromatic nitrogens is 2. The van der Waals surface area contributed by atoms with Crippen LogP contribution in [0.3, 0.4) is 0 Å². The molecule has 7 rings (SSSR count). The molecule has 1 amide bonds. The Bertz CT molecular complexity index is 1780. The molecule has 0 radical (unpaired) electrons. The number of hydrogen-bond donors (Lipinski definition) is 2. The van der Waals surface area contributed by atoms with E-state index in [-0.39, 0.29) is 70.7 Å². The van der Waals surface area contributed by atoms with Gasteiger partial charge in [0, 0.05) is 43.8 Å². The number of aliphatic hydroxyl groups excluding tert-OH is 1. The average Bonchev–Trinajstić information content (AvgIpc) is 3.75. The molecular formula is C30H33F3N6O5S2. The molecule has 2 saturated heterocycles. The van der Waals surface area contributed by atoms with Gasteiger partial charge >= 0.3 is 6.18 Å². The monoisotopic (exact) mass is 678 g/mol. The maximum atomic E-state index is 14.2. The van der Waals surface area contributed by atoms with Crippen molar-refractivity contribution in [1.29, 1.82) is 0 Å². The molecule has 0 bridgehead atoms. The number of anilines is 3. The minimum Gasteiger partial charge on any atom is -0.395 e. The summed E-state index contributed by atoms with van der Waals surface area (Å²) in [6.07, 6.45) is -2.18. The van der Waals surface area contributed by atoms with Gasteiger partial charge in [0.05, 0.1) is 53.1 Å². The normalized spacial score (nSPS) is 22.4. The summed E-state index contributed by atoms with van der Waals surface area (Å²) in [5.74, 6) is -0.675. The Balaban J connectivity index is 1.23. The highest BCUT2D eigenvalue weighted by molar-refractivity contribution is 7.91. The van der Waals surface area contributed by atoms with Crippen LogP contribution in [0.4, 0.5) is 30.5 Å². The topological polar surface area (TPSA) is 128 Å². The van der Waals surface area contributed by atoms with Crippen LogP contribution in [0.2, 0.25) is 0 Å². The number of piperazine rings is 1. The fraction of sp³-hybridized carbons (Fsp3) is 0.500. The second-order valence-electron chi connectivity index (χ2n) is 12.2. The Morgan fingerprint density at radius 1 is 1.15 bits per heavy atom. The Hall–Kier alpha value is -3.31. The first-order valence-electron chi connectivity index (χ1n) is 15.1. The van der Waals surface area contributed by atoms with Crippen molar-refractivity contribution < 1.29 is 36.2 Å². The van der Waals surface area contributed by atoms with Crippen molar-refractivity contribution in [2.45, 2.75) is 41.9 Å². The number of halogens is 3. The van der Waals surface area contributed by atoms with Gasteiger partial charge in [0.1, 0.15) is 10.4 Å². The number of thiophene rings is 1. The average molecular weight is 679 g/mol. The van der Waals surface area contributed by atoms with Crippen molar-refractivity contribution >= 4 is 44.4 Å². The number of sulfone groups is 1. The van der Waals surface area contributed by atoms with Crippen LogP contribution >= 0.6 is 11.3 Å². The van der Waals surface area contributed by atoms with Crippen molar-refractivity contribution in [3.63, 3.8) is 0 Å². The van der Waals surface area contributed by atoms with Crippen molar-refractivity contribution in [3.05, 3.63) is 46.5 Å². The summed E-state index contributed by atoms with van der Waals surface area (Å²) >= 11 is 0.695. The Kier molecular flexibility index (Phi) is 7.99. The molecule has 246 valence electrons. The van der Waals surface area contributed by atoms with E-state index in [1.54, 1.807) is 0 Å². The molecule has 3 aliphatic heterocycles. The number of carbonyl (C=O) groups is 1. The van der Waals surface area contributed by atoms with Gasteiger partial charge in [-0.25, -0.2) is 18.4 Å². The summed E-state index contributed by atoms with van der Waals surface area (Å²) in [6.45, 7) is 2.87. The van der Waals surface area contributed by atoms with E-state index in [0.29, 0.717) is 29.8 Å². The standard InChI is InChI=1S/C30H33F3N6O5S2/c1-37-6-7-38(13-19(37)14-40)18-4-5-23(21(10-18)17-2-3-17)35-29-34-12-22(30(31,32)33)26(36-29)24-11-25-27(45-24)28(41)39(20-15-44-16-20)8-9-46(25,42)43/h4-5,10-12,17,19-20,40H,2-3,6-9,13-16H2,1H3,(H,34,35,36). The van der Waals surface area contributed by atoms with Crippen molar-refractivity contribution in [1.82, 2.24) is 19.8 Å². The first-order chi connectivity index (χ1) is 21.9. The van der Waals surface area contributed by atoms with Crippen molar-refractivity contribution in [2.75, 3.05) is 69.0 Å². The van der Waals surface area contributed by atoms with Crippen molar-refractivity contribution in [2.24, 2.45) is 0 Å². The summed E-state index contributed by atoms with van der Waals surface area (Å²) in [5.41, 5.74) is 1.04. The molecule has 5 heterocycles. The molecule has 3 aromatic rings. The number of rotatable bonds is 7. The predicted molar refractivity (Wildman–Crippen MR) is 165 cm³/mol. The number of likely N-dealkylation sites (N-methyl/N-ethyl adjacent to an activating group) is 1. The van der Waals surface area contributed by atoms with Gasteiger partial charge in [0.2, 0.25) is 5.95 Å². The number of hydrogen-bond acceptors (Lipinski definition) is 11. The van der Waals surface area contributed by atoms with Gasteiger partial charge in [-0.2, -0.15) is 13.2 Å². The zero-order valence-corrected chi connectivity index (χ0v) is 26.6. The number of aliphatic hydroxyl groups is 1. The van der Waals surface area contributed by atoms with Crippen LogP contribution in [0.5, 0.6) is 0 Å². The first kappa shape index (κ1) is 31.3. The summed E-state index contributed by atoms with van der Waals surface area (Å²) in [5, 5.41) is 12.9. The van der Waals surface area contributed by atoms with E-state index >= 15 is 0 Å². The van der Waals surface area contributed by atoms with E-state index in [9.17, 15) is 31.5 Å². The van der Waals surface area contributed by atoms with Gasteiger partial charge in [-0.3, -0.25) is 9.69 Å². The lowest BCUT2D eigenvalue weighted by molar-refractivity contribution is -0.137. The summed E-state index contributed by atoms with van der Waals surface area (Å²) < 4.78 is 74.2. The Morgan fingerprint density at radius 3 is 2.61 bits per heavy atom. The van der Waals surface area contributed by atoms with E-state index in [2.05, 4.69) is 31.2 Å². The highest BCUT2D eigenvalue weighted by atomic mass is 32.2. The largest absolute Gasteiger partial charge is 0.420 e. The van der Waals surface area contributed by atoms with Gasteiger partial charge in [0.25, 0.3) is 5.91 Å². The van der Waals surface area contributed by atoms with E-state index in [4.69, 9.17) is 4.74 Å². The molecule has 4 aliphatic rings. The van der Waals surface area contributed by atoms with Gasteiger partial charge in [-0.05, 0) is 55.6 Å². The van der Waals surface area contributed by atoms with E-state index in [1.165, 1.54) is 4.90 Å². The third kappa shape index (κ3) is 5.85. The third-order valence-electron chi connectivity index (χ3n) is 9.13. The molecule has 2 aromatic heterocycles. The number of nitrogens with zero attached hydrogens (tertiary/aromatic N) is 5. The molecule has 3 fully saturated rings. The zero-order valence-electron chi connectivity index (χ0n) is 25.0. The van der Waals surface area contributed by atoms with Crippen molar-refractivity contribution in [3.8, 4) is 10.6 Å². The highest BCUT2D eigenvalue weighted by Crippen LogP contribution is 2.46. The quantitative estimate of drug-likeness (QED) is 0.383. The lowest BCUT2D eigenvalue weighted by atomic mass is 10.1. The van der Waals surface area contributed by atoms with Crippen LogP contribution in [-0.4, -0.2) is 110 Å². The fourth-order valence-corrected chi connectivity index (χ4v) is 9.03. The minimum atomic E-state index is -4.83. The van der Waals surface area contributed by atoms with E-state index in [0.717, 1.165) is 43.2 Å². The lowest BCUT2D eigenvalue weighted by Crippen LogP contribution is -2.53. The highest BCUT2D eigenvalue weighted by Gasteiger charge is 2.41. The van der Waals surface area contributed by atoms with Crippen LogP contribution < -0.4 is 10.2 Å². The van der Waals surface area contributed by atoms with Crippen LogP contribution in [0.1, 0.15) is 39.6 Å². The number of fused-ring (bicyclic) bond motifs is 1. The summed E-state index contributed by atoms with van der Waals surface area (Å²) in [7, 11) is -1.95. The fourth-order valence-electron chi connectivity index (χ4n) is 6.11. The molecule has 0 spiro atoms. The minimum absolute atomic E-state index is 0.0136. The number of carbonyl (C=O) groups excluding carboxylic acids is 1. The SMILES string of the molecule is CN1CCN(c2ccc(Nc3ncc(C(F)(F)F)c(-c4cc5c(s4)C(=O)N(C4COC4)CCS5(=O)=O)n3)c(C3CC3)c2)CC1CO. The van der Waals surface area contributed by atoms with Gasteiger partial charge in [-0.15, -0.1) is 11.3 Å². The van der Waals surface area contributed by atoms with E-state index in [1.807, 2.05) is 19.2 Å². The smallest absolute Gasteiger partial charge is 0.395 e. The van der Waals surface area contributed by atoms with Crippen LogP contribution in [0, 0.1) is 0 Å².